The van der Waals surface area contributed by atoms with E-state index in [9.17, 15) is 0 Å². The van der Waals surface area contributed by atoms with Gasteiger partial charge in [0.05, 0.1) is 11.9 Å². The standard InChI is InChI=1S/C15H18N2O/c1-11-5-3-4-6-15(11)12(2)16-9-13-7-8-14(18)10-17-13/h3-8,10,12,16,18H,9H2,1-2H3/t12-/m1/s1. The Bertz CT molecular complexity index is 508. The SMILES string of the molecule is Cc1ccccc1[C@@H](C)NCc1ccc(O)cn1. The molecular weight excluding hydrogens is 224 g/mol. The zero-order chi connectivity index (χ0) is 13.0. The molecule has 1 aromatic heterocycles. The molecule has 0 unspecified atom stereocenters. The van der Waals surface area contributed by atoms with Crippen molar-refractivity contribution in [1.82, 2.24) is 10.3 Å². The fraction of sp³-hybridized carbons (Fsp3) is 0.267. The Balaban J connectivity index is 1.98. The van der Waals surface area contributed by atoms with E-state index in [0.29, 0.717) is 6.54 Å². The lowest BCUT2D eigenvalue weighted by atomic mass is 10.0. The van der Waals surface area contributed by atoms with Gasteiger partial charge in [0.1, 0.15) is 5.75 Å². The first kappa shape index (κ1) is 12.6. The highest BCUT2D eigenvalue weighted by Crippen LogP contribution is 2.17. The highest BCUT2D eigenvalue weighted by atomic mass is 16.3. The van der Waals surface area contributed by atoms with E-state index in [0.717, 1.165) is 5.69 Å². The normalized spacial score (nSPS) is 12.3. The van der Waals surface area contributed by atoms with Gasteiger partial charge in [-0.25, -0.2) is 0 Å². The Morgan fingerprint density at radius 2 is 2.00 bits per heavy atom. The molecule has 3 nitrogen and oxygen atoms in total. The van der Waals surface area contributed by atoms with Gasteiger partial charge < -0.3 is 10.4 Å². The summed E-state index contributed by atoms with van der Waals surface area (Å²) in [5.74, 6) is 0.200. The van der Waals surface area contributed by atoms with Gasteiger partial charge in [0, 0.05) is 12.6 Å². The maximum absolute atomic E-state index is 9.17. The van der Waals surface area contributed by atoms with E-state index in [1.54, 1.807) is 6.07 Å². The van der Waals surface area contributed by atoms with Gasteiger partial charge in [-0.2, -0.15) is 0 Å². The van der Waals surface area contributed by atoms with Gasteiger partial charge in [0.15, 0.2) is 0 Å². The Kier molecular flexibility index (Phi) is 3.95. The van der Waals surface area contributed by atoms with E-state index in [1.807, 2.05) is 12.1 Å². The van der Waals surface area contributed by atoms with Crippen LogP contribution in [0.15, 0.2) is 42.6 Å². The fourth-order valence-corrected chi connectivity index (χ4v) is 1.96. The molecule has 0 amide bonds. The molecule has 2 N–H and O–H groups in total. The lowest BCUT2D eigenvalue weighted by molar-refractivity contribution is 0.471. The van der Waals surface area contributed by atoms with Gasteiger partial charge in [-0.1, -0.05) is 24.3 Å². The van der Waals surface area contributed by atoms with Crippen molar-refractivity contribution in [2.75, 3.05) is 0 Å². The van der Waals surface area contributed by atoms with Crippen molar-refractivity contribution in [3.05, 3.63) is 59.4 Å². The average molecular weight is 242 g/mol. The predicted molar refractivity (Wildman–Crippen MR) is 72.3 cm³/mol. The maximum Gasteiger partial charge on any atom is 0.133 e. The molecule has 1 atom stereocenters. The minimum atomic E-state index is 0.200. The quantitative estimate of drug-likeness (QED) is 0.866. The Morgan fingerprint density at radius 3 is 2.67 bits per heavy atom. The summed E-state index contributed by atoms with van der Waals surface area (Å²) in [7, 11) is 0. The van der Waals surface area contributed by atoms with Gasteiger partial charge >= 0.3 is 0 Å². The molecule has 0 saturated carbocycles. The molecule has 0 radical (unpaired) electrons. The summed E-state index contributed by atoms with van der Waals surface area (Å²) in [4.78, 5) is 4.15. The van der Waals surface area contributed by atoms with E-state index in [1.165, 1.54) is 17.3 Å². The van der Waals surface area contributed by atoms with Gasteiger partial charge in [-0.05, 0) is 37.1 Å². The number of hydrogen-bond donors (Lipinski definition) is 2. The molecule has 0 fully saturated rings. The molecule has 0 saturated heterocycles. The van der Waals surface area contributed by atoms with Crippen molar-refractivity contribution in [2.24, 2.45) is 0 Å². The average Bonchev–Trinajstić information content (AvgIpc) is 2.38. The number of rotatable bonds is 4. The molecule has 0 bridgehead atoms. The number of aromatic hydroxyl groups is 1. The zero-order valence-corrected chi connectivity index (χ0v) is 10.7. The minimum absolute atomic E-state index is 0.200. The van der Waals surface area contributed by atoms with Crippen LogP contribution in [0.2, 0.25) is 0 Å². The second-order valence-corrected chi connectivity index (χ2v) is 4.47. The molecule has 1 aromatic carbocycles. The van der Waals surface area contributed by atoms with Gasteiger partial charge in [0.2, 0.25) is 0 Å². The lowest BCUT2D eigenvalue weighted by Gasteiger charge is -2.16. The molecule has 2 rings (SSSR count). The van der Waals surface area contributed by atoms with Crippen LogP contribution in [0.4, 0.5) is 0 Å². The first-order valence-corrected chi connectivity index (χ1v) is 6.09. The Morgan fingerprint density at radius 1 is 1.22 bits per heavy atom. The number of pyridine rings is 1. The van der Waals surface area contributed by atoms with E-state index >= 15 is 0 Å². The summed E-state index contributed by atoms with van der Waals surface area (Å²) < 4.78 is 0. The fourth-order valence-electron chi connectivity index (χ4n) is 1.96. The molecule has 0 aliphatic heterocycles. The van der Waals surface area contributed by atoms with Gasteiger partial charge in [-0.3, -0.25) is 4.98 Å². The molecular formula is C15H18N2O. The molecule has 0 aliphatic carbocycles. The smallest absolute Gasteiger partial charge is 0.133 e. The summed E-state index contributed by atoms with van der Waals surface area (Å²) in [5, 5.41) is 12.6. The van der Waals surface area contributed by atoms with Crippen LogP contribution in [0.3, 0.4) is 0 Å². The molecule has 0 aliphatic rings. The van der Waals surface area contributed by atoms with Crippen LogP contribution < -0.4 is 5.32 Å². The van der Waals surface area contributed by atoms with Crippen LogP contribution in [0.1, 0.15) is 29.8 Å². The molecule has 18 heavy (non-hydrogen) atoms. The van der Waals surface area contributed by atoms with Crippen molar-refractivity contribution < 1.29 is 5.11 Å². The van der Waals surface area contributed by atoms with Crippen molar-refractivity contribution in [3.8, 4) is 5.75 Å². The predicted octanol–water partition coefficient (Wildman–Crippen LogP) is 2.95. The monoisotopic (exact) mass is 242 g/mol. The third-order valence-electron chi connectivity index (χ3n) is 3.05. The lowest BCUT2D eigenvalue weighted by Crippen LogP contribution is -2.19. The van der Waals surface area contributed by atoms with E-state index in [-0.39, 0.29) is 11.8 Å². The van der Waals surface area contributed by atoms with Crippen molar-refractivity contribution in [1.29, 1.82) is 0 Å². The van der Waals surface area contributed by atoms with Crippen LogP contribution in [0.5, 0.6) is 5.75 Å². The number of benzene rings is 1. The summed E-state index contributed by atoms with van der Waals surface area (Å²) in [6.07, 6.45) is 1.47. The largest absolute Gasteiger partial charge is 0.506 e. The first-order valence-electron chi connectivity index (χ1n) is 6.09. The molecule has 94 valence electrons. The first-order chi connectivity index (χ1) is 8.66. The second kappa shape index (κ2) is 5.65. The van der Waals surface area contributed by atoms with Gasteiger partial charge in [-0.15, -0.1) is 0 Å². The third kappa shape index (κ3) is 3.08. The minimum Gasteiger partial charge on any atom is -0.506 e. The number of aromatic nitrogens is 1. The number of nitrogens with one attached hydrogen (secondary N) is 1. The van der Waals surface area contributed by atoms with Crippen molar-refractivity contribution in [2.45, 2.75) is 26.4 Å². The number of nitrogens with zero attached hydrogens (tertiary/aromatic N) is 1. The molecule has 0 spiro atoms. The van der Waals surface area contributed by atoms with E-state index in [4.69, 9.17) is 5.11 Å². The summed E-state index contributed by atoms with van der Waals surface area (Å²) in [6, 6.07) is 12.1. The summed E-state index contributed by atoms with van der Waals surface area (Å²) >= 11 is 0. The van der Waals surface area contributed by atoms with Crippen molar-refractivity contribution >= 4 is 0 Å². The molecule has 2 aromatic rings. The second-order valence-electron chi connectivity index (χ2n) is 4.47. The zero-order valence-electron chi connectivity index (χ0n) is 10.7. The highest BCUT2D eigenvalue weighted by Gasteiger charge is 2.07. The Labute approximate surface area is 108 Å². The summed E-state index contributed by atoms with van der Waals surface area (Å²) in [6.45, 7) is 4.95. The van der Waals surface area contributed by atoms with E-state index < -0.39 is 0 Å². The van der Waals surface area contributed by atoms with Crippen LogP contribution in [-0.4, -0.2) is 10.1 Å². The molecule has 1 heterocycles. The van der Waals surface area contributed by atoms with Crippen molar-refractivity contribution in [3.63, 3.8) is 0 Å². The van der Waals surface area contributed by atoms with E-state index in [2.05, 4.69) is 42.3 Å². The van der Waals surface area contributed by atoms with Crippen LogP contribution >= 0.6 is 0 Å². The van der Waals surface area contributed by atoms with Crippen LogP contribution in [0, 0.1) is 6.92 Å². The topological polar surface area (TPSA) is 45.1 Å². The highest BCUT2D eigenvalue weighted by molar-refractivity contribution is 5.28. The molecule has 3 heteroatoms. The van der Waals surface area contributed by atoms with Gasteiger partial charge in [0.25, 0.3) is 0 Å². The number of aryl methyl sites for hydroxylation is 1. The summed E-state index contributed by atoms with van der Waals surface area (Å²) in [5.41, 5.74) is 3.51. The van der Waals surface area contributed by atoms with Crippen LogP contribution in [0.25, 0.3) is 0 Å². The Hall–Kier alpha value is -1.87. The van der Waals surface area contributed by atoms with Crippen LogP contribution in [-0.2, 0) is 6.54 Å². The number of hydrogen-bond acceptors (Lipinski definition) is 3. The maximum atomic E-state index is 9.17. The third-order valence-corrected chi connectivity index (χ3v) is 3.05.